The van der Waals surface area contributed by atoms with Crippen LogP contribution in [0, 0.1) is 5.92 Å². The molecular formula is C14H20BrNO2. The molecule has 100 valence electrons. The maximum Gasteiger partial charge on any atom is 0.151 e. The molecule has 4 heteroatoms. The number of methoxy groups -OCH3 is 1. The molecule has 0 bridgehead atoms. The van der Waals surface area contributed by atoms with Gasteiger partial charge in [-0.2, -0.15) is 0 Å². The maximum atomic E-state index is 10.8. The van der Waals surface area contributed by atoms with E-state index in [0.717, 1.165) is 29.5 Å². The van der Waals surface area contributed by atoms with Crippen molar-refractivity contribution in [3.05, 3.63) is 28.2 Å². The number of aldehydes is 1. The molecule has 0 aliphatic rings. The van der Waals surface area contributed by atoms with E-state index in [1.807, 2.05) is 18.2 Å². The molecule has 0 atom stereocenters. The summed E-state index contributed by atoms with van der Waals surface area (Å²) in [5, 5.41) is 0. The van der Waals surface area contributed by atoms with Crippen molar-refractivity contribution < 1.29 is 9.53 Å². The highest BCUT2D eigenvalue weighted by Crippen LogP contribution is 2.23. The SMILES string of the molecule is COCCN(CC(C)C)c1ccc(C=O)c(Br)c1. The zero-order valence-electron chi connectivity index (χ0n) is 11.1. The van der Waals surface area contributed by atoms with Crippen LogP contribution in [0.5, 0.6) is 0 Å². The van der Waals surface area contributed by atoms with Crippen LogP contribution in [0.25, 0.3) is 0 Å². The van der Waals surface area contributed by atoms with Crippen molar-refractivity contribution in [2.75, 3.05) is 31.7 Å². The molecule has 0 aromatic heterocycles. The second kappa shape index (κ2) is 7.54. The first-order chi connectivity index (χ1) is 8.58. The molecule has 0 amide bonds. The Bertz CT molecular complexity index is 393. The van der Waals surface area contributed by atoms with Crippen LogP contribution < -0.4 is 4.90 Å². The molecular weight excluding hydrogens is 294 g/mol. The number of benzene rings is 1. The highest BCUT2D eigenvalue weighted by Gasteiger charge is 2.10. The van der Waals surface area contributed by atoms with Crippen molar-refractivity contribution in [1.29, 1.82) is 0 Å². The van der Waals surface area contributed by atoms with Gasteiger partial charge in [0.15, 0.2) is 6.29 Å². The van der Waals surface area contributed by atoms with Gasteiger partial charge in [0.05, 0.1) is 6.61 Å². The quantitative estimate of drug-likeness (QED) is 0.723. The van der Waals surface area contributed by atoms with E-state index >= 15 is 0 Å². The number of ether oxygens (including phenoxy) is 1. The number of carbonyl (C=O) groups excluding carboxylic acids is 1. The Hall–Kier alpha value is -0.870. The van der Waals surface area contributed by atoms with Gasteiger partial charge in [0.2, 0.25) is 0 Å². The molecule has 0 unspecified atom stereocenters. The topological polar surface area (TPSA) is 29.5 Å². The molecule has 18 heavy (non-hydrogen) atoms. The predicted molar refractivity (Wildman–Crippen MR) is 78.5 cm³/mol. The van der Waals surface area contributed by atoms with Crippen molar-refractivity contribution in [3.63, 3.8) is 0 Å². The molecule has 3 nitrogen and oxygen atoms in total. The molecule has 0 saturated heterocycles. The fourth-order valence-electron chi connectivity index (χ4n) is 1.78. The van der Waals surface area contributed by atoms with Crippen LogP contribution >= 0.6 is 15.9 Å². The van der Waals surface area contributed by atoms with Gasteiger partial charge in [0, 0.05) is 35.9 Å². The Labute approximate surface area is 117 Å². The monoisotopic (exact) mass is 313 g/mol. The van der Waals surface area contributed by atoms with Gasteiger partial charge in [-0.3, -0.25) is 4.79 Å². The smallest absolute Gasteiger partial charge is 0.151 e. The molecule has 0 heterocycles. The zero-order chi connectivity index (χ0) is 13.5. The minimum atomic E-state index is 0.575. The van der Waals surface area contributed by atoms with Crippen LogP contribution in [-0.4, -0.2) is 33.1 Å². The van der Waals surface area contributed by atoms with Crippen LogP contribution in [0.3, 0.4) is 0 Å². The van der Waals surface area contributed by atoms with Crippen molar-refractivity contribution in [2.24, 2.45) is 5.92 Å². The average molecular weight is 314 g/mol. The van der Waals surface area contributed by atoms with Gasteiger partial charge in [0.1, 0.15) is 0 Å². The Kier molecular flexibility index (Phi) is 6.36. The first kappa shape index (κ1) is 15.2. The zero-order valence-corrected chi connectivity index (χ0v) is 12.7. The molecule has 0 saturated carbocycles. The summed E-state index contributed by atoms with van der Waals surface area (Å²) >= 11 is 3.42. The average Bonchev–Trinajstić information content (AvgIpc) is 2.34. The van der Waals surface area contributed by atoms with E-state index in [-0.39, 0.29) is 0 Å². The molecule has 0 fully saturated rings. The summed E-state index contributed by atoms with van der Waals surface area (Å²) in [6.07, 6.45) is 0.857. The molecule has 0 spiro atoms. The summed E-state index contributed by atoms with van der Waals surface area (Å²) in [4.78, 5) is 13.1. The maximum absolute atomic E-state index is 10.8. The van der Waals surface area contributed by atoms with E-state index in [9.17, 15) is 4.79 Å². The molecule has 1 aromatic carbocycles. The van der Waals surface area contributed by atoms with Crippen molar-refractivity contribution in [2.45, 2.75) is 13.8 Å². The lowest BCUT2D eigenvalue weighted by Gasteiger charge is -2.26. The fraction of sp³-hybridized carbons (Fsp3) is 0.500. The highest BCUT2D eigenvalue weighted by atomic mass is 79.9. The summed E-state index contributed by atoms with van der Waals surface area (Å²) in [6.45, 7) is 6.89. The number of hydrogen-bond acceptors (Lipinski definition) is 3. The third-order valence-electron chi connectivity index (χ3n) is 2.63. The largest absolute Gasteiger partial charge is 0.383 e. The van der Waals surface area contributed by atoms with E-state index in [0.29, 0.717) is 18.1 Å². The van der Waals surface area contributed by atoms with Crippen LogP contribution in [0.15, 0.2) is 22.7 Å². The third kappa shape index (κ3) is 4.42. The lowest BCUT2D eigenvalue weighted by atomic mass is 10.1. The van der Waals surface area contributed by atoms with Crippen LogP contribution in [0.1, 0.15) is 24.2 Å². The fourth-order valence-corrected chi connectivity index (χ4v) is 2.24. The van der Waals surface area contributed by atoms with Gasteiger partial charge in [-0.15, -0.1) is 0 Å². The molecule has 1 rings (SSSR count). The summed E-state index contributed by atoms with van der Waals surface area (Å²) < 4.78 is 5.98. The lowest BCUT2D eigenvalue weighted by molar-refractivity contribution is 0.112. The highest BCUT2D eigenvalue weighted by molar-refractivity contribution is 9.10. The molecule has 1 aromatic rings. The van der Waals surface area contributed by atoms with Crippen molar-refractivity contribution >= 4 is 27.9 Å². The van der Waals surface area contributed by atoms with Crippen LogP contribution in [0.4, 0.5) is 5.69 Å². The van der Waals surface area contributed by atoms with Crippen molar-refractivity contribution in [1.82, 2.24) is 0 Å². The van der Waals surface area contributed by atoms with Gasteiger partial charge in [-0.25, -0.2) is 0 Å². The van der Waals surface area contributed by atoms with E-state index in [2.05, 4.69) is 34.7 Å². The number of anilines is 1. The normalized spacial score (nSPS) is 10.7. The van der Waals surface area contributed by atoms with Crippen molar-refractivity contribution in [3.8, 4) is 0 Å². The number of halogens is 1. The number of carbonyl (C=O) groups is 1. The first-order valence-electron chi connectivity index (χ1n) is 6.07. The van der Waals surface area contributed by atoms with Gasteiger partial charge < -0.3 is 9.64 Å². The Balaban J connectivity index is 2.89. The van der Waals surface area contributed by atoms with Gasteiger partial charge in [-0.1, -0.05) is 13.8 Å². The number of hydrogen-bond donors (Lipinski definition) is 0. The molecule has 0 aliphatic heterocycles. The predicted octanol–water partition coefficient (Wildman–Crippen LogP) is 3.37. The van der Waals surface area contributed by atoms with E-state index < -0.39 is 0 Å². The summed E-state index contributed by atoms with van der Waals surface area (Å²) in [7, 11) is 1.71. The lowest BCUT2D eigenvalue weighted by Crippen LogP contribution is -2.30. The van der Waals surface area contributed by atoms with Gasteiger partial charge >= 0.3 is 0 Å². The van der Waals surface area contributed by atoms with Gasteiger partial charge in [0.25, 0.3) is 0 Å². The Morgan fingerprint density at radius 2 is 2.17 bits per heavy atom. The minimum absolute atomic E-state index is 0.575. The Morgan fingerprint density at radius 3 is 2.67 bits per heavy atom. The van der Waals surface area contributed by atoms with E-state index in [1.54, 1.807) is 7.11 Å². The van der Waals surface area contributed by atoms with E-state index in [4.69, 9.17) is 4.74 Å². The summed E-state index contributed by atoms with van der Waals surface area (Å²) in [6, 6.07) is 5.81. The standard InChI is InChI=1S/C14H20BrNO2/c1-11(2)9-16(6-7-18-3)13-5-4-12(10-17)14(15)8-13/h4-5,8,10-11H,6-7,9H2,1-3H3. The molecule has 0 N–H and O–H groups in total. The molecule has 0 aliphatic carbocycles. The van der Waals surface area contributed by atoms with E-state index in [1.165, 1.54) is 0 Å². The van der Waals surface area contributed by atoms with Crippen LogP contribution in [0.2, 0.25) is 0 Å². The summed E-state index contributed by atoms with van der Waals surface area (Å²) in [5.41, 5.74) is 1.79. The molecule has 0 radical (unpaired) electrons. The third-order valence-corrected chi connectivity index (χ3v) is 3.31. The second-order valence-electron chi connectivity index (χ2n) is 4.66. The second-order valence-corrected chi connectivity index (χ2v) is 5.51. The Morgan fingerprint density at radius 1 is 1.44 bits per heavy atom. The first-order valence-corrected chi connectivity index (χ1v) is 6.86. The number of rotatable bonds is 7. The minimum Gasteiger partial charge on any atom is -0.383 e. The van der Waals surface area contributed by atoms with Crippen LogP contribution in [-0.2, 0) is 4.74 Å². The van der Waals surface area contributed by atoms with Gasteiger partial charge in [-0.05, 0) is 40.0 Å². The number of nitrogens with zero attached hydrogens (tertiary/aromatic N) is 1. The summed E-state index contributed by atoms with van der Waals surface area (Å²) in [5.74, 6) is 0.575.